The zero-order valence-electron chi connectivity index (χ0n) is 22.0. The van der Waals surface area contributed by atoms with Gasteiger partial charge < -0.3 is 24.7 Å². The molecule has 0 spiro atoms. The lowest BCUT2D eigenvalue weighted by atomic mass is 9.96. The molecule has 1 fully saturated rings. The molecule has 38 heavy (non-hydrogen) atoms. The topological polar surface area (TPSA) is 129 Å². The number of amides is 1. The first-order valence-electron chi connectivity index (χ1n) is 12.9. The van der Waals surface area contributed by atoms with E-state index in [0.29, 0.717) is 25.4 Å². The van der Waals surface area contributed by atoms with Crippen LogP contribution in [-0.4, -0.2) is 75.3 Å². The lowest BCUT2D eigenvalue weighted by molar-refractivity contribution is -0.132. The Labute approximate surface area is 224 Å². The molecule has 2 aromatic carbocycles. The summed E-state index contributed by atoms with van der Waals surface area (Å²) in [6.07, 6.45) is 2.75. The van der Waals surface area contributed by atoms with Crippen LogP contribution in [0, 0.1) is 0 Å². The van der Waals surface area contributed by atoms with Crippen LogP contribution in [0.3, 0.4) is 0 Å². The molecule has 1 aromatic heterocycles. The van der Waals surface area contributed by atoms with Gasteiger partial charge >= 0.3 is 0 Å². The predicted octanol–water partition coefficient (Wildman–Crippen LogP) is 2.48. The van der Waals surface area contributed by atoms with Gasteiger partial charge in [-0.05, 0) is 43.5 Å². The number of benzene rings is 2. The molecule has 0 unspecified atom stereocenters. The number of likely N-dealkylation sites (tertiary alicyclic amines) is 1. The van der Waals surface area contributed by atoms with Gasteiger partial charge in [0.2, 0.25) is 15.9 Å². The number of nitrogens with one attached hydrogen (secondary N) is 1. The van der Waals surface area contributed by atoms with Gasteiger partial charge in [0.15, 0.2) is 0 Å². The van der Waals surface area contributed by atoms with Gasteiger partial charge in [0.25, 0.3) is 0 Å². The second-order valence-electron chi connectivity index (χ2n) is 9.63. The number of para-hydroxylation sites is 2. The van der Waals surface area contributed by atoms with Crippen LogP contribution in [0.5, 0.6) is 5.75 Å². The lowest BCUT2D eigenvalue weighted by Gasteiger charge is -2.33. The van der Waals surface area contributed by atoms with Crippen molar-refractivity contribution in [1.29, 1.82) is 0 Å². The van der Waals surface area contributed by atoms with E-state index in [9.17, 15) is 13.2 Å². The van der Waals surface area contributed by atoms with E-state index < -0.39 is 16.1 Å². The first-order valence-corrected chi connectivity index (χ1v) is 14.4. The molecule has 11 heteroatoms. The van der Waals surface area contributed by atoms with Crippen LogP contribution in [-0.2, 0) is 26.1 Å². The van der Waals surface area contributed by atoms with Crippen molar-refractivity contribution < 1.29 is 22.7 Å². The number of hydrogen-bond acceptors (Lipinski definition) is 7. The minimum Gasteiger partial charge on any atom is -0.497 e. The maximum Gasteiger partial charge on any atom is 0.240 e. The monoisotopic (exact) mass is 543 g/mol. The summed E-state index contributed by atoms with van der Waals surface area (Å²) in [4.78, 5) is 20.0. The van der Waals surface area contributed by atoms with Crippen LogP contribution in [0.2, 0.25) is 0 Å². The van der Waals surface area contributed by atoms with Crippen molar-refractivity contribution in [3.8, 4) is 5.75 Å². The smallest absolute Gasteiger partial charge is 0.240 e. The number of sulfonamides is 1. The second-order valence-corrected chi connectivity index (χ2v) is 11.4. The van der Waals surface area contributed by atoms with Gasteiger partial charge in [-0.2, -0.15) is 0 Å². The van der Waals surface area contributed by atoms with Gasteiger partial charge in [0.1, 0.15) is 11.6 Å². The van der Waals surface area contributed by atoms with Crippen molar-refractivity contribution in [1.82, 2.24) is 19.2 Å². The van der Waals surface area contributed by atoms with Gasteiger partial charge in [0.05, 0.1) is 23.0 Å². The van der Waals surface area contributed by atoms with Crippen LogP contribution in [0.25, 0.3) is 11.0 Å². The van der Waals surface area contributed by atoms with E-state index in [1.165, 1.54) is 19.2 Å². The fraction of sp³-hybridized carbons (Fsp3) is 0.481. The molecule has 0 radical (unpaired) electrons. The zero-order chi connectivity index (χ0) is 27.1. The number of methoxy groups -OCH3 is 2. The fourth-order valence-corrected chi connectivity index (χ4v) is 6.05. The van der Waals surface area contributed by atoms with Crippen LogP contribution >= 0.6 is 0 Å². The van der Waals surface area contributed by atoms with Crippen molar-refractivity contribution in [2.45, 2.75) is 49.1 Å². The molecule has 4 rings (SSSR count). The maximum atomic E-state index is 13.1. The summed E-state index contributed by atoms with van der Waals surface area (Å²) in [7, 11) is -0.600. The van der Waals surface area contributed by atoms with Crippen LogP contribution < -0.4 is 15.2 Å². The molecule has 1 aliphatic heterocycles. The lowest BCUT2D eigenvalue weighted by Crippen LogP contribution is -2.45. The highest BCUT2D eigenvalue weighted by atomic mass is 32.2. The Bertz CT molecular complexity index is 1340. The summed E-state index contributed by atoms with van der Waals surface area (Å²) in [5.41, 5.74) is 8.23. The maximum absolute atomic E-state index is 13.1. The Morgan fingerprint density at radius 3 is 2.82 bits per heavy atom. The number of aryl methyl sites for hydroxylation is 1. The van der Waals surface area contributed by atoms with Gasteiger partial charge in [-0.15, -0.1) is 0 Å². The summed E-state index contributed by atoms with van der Waals surface area (Å²) in [5, 5.41) is 0. The van der Waals surface area contributed by atoms with Crippen LogP contribution in [0.1, 0.15) is 37.4 Å². The number of imidazole rings is 1. The molecule has 2 atom stereocenters. The number of hydrogen-bond donors (Lipinski definition) is 2. The number of carbonyl (C=O) groups excluding carboxylic acids is 1. The Morgan fingerprint density at radius 2 is 2.03 bits per heavy atom. The molecule has 0 bridgehead atoms. The third-order valence-electron chi connectivity index (χ3n) is 6.88. The molecular weight excluding hydrogens is 506 g/mol. The molecule has 2 heterocycles. The zero-order valence-corrected chi connectivity index (χ0v) is 22.8. The summed E-state index contributed by atoms with van der Waals surface area (Å²) in [5.74, 6) is 1.48. The van der Waals surface area contributed by atoms with Crippen molar-refractivity contribution in [3.63, 3.8) is 0 Å². The number of nitrogens with zero attached hydrogens (tertiary/aromatic N) is 3. The van der Waals surface area contributed by atoms with Gasteiger partial charge in [-0.25, -0.2) is 18.1 Å². The van der Waals surface area contributed by atoms with Gasteiger partial charge in [-0.3, -0.25) is 4.79 Å². The normalized spacial score (nSPS) is 17.0. The van der Waals surface area contributed by atoms with E-state index >= 15 is 0 Å². The van der Waals surface area contributed by atoms with Crippen molar-refractivity contribution in [2.24, 2.45) is 5.73 Å². The van der Waals surface area contributed by atoms with Gasteiger partial charge in [-0.1, -0.05) is 18.2 Å². The molecular formula is C27H37N5O5S. The molecule has 1 aliphatic rings. The minimum absolute atomic E-state index is 0.0438. The Morgan fingerprint density at radius 1 is 1.21 bits per heavy atom. The van der Waals surface area contributed by atoms with Crippen molar-refractivity contribution in [3.05, 3.63) is 54.4 Å². The number of fused-ring (bicyclic) bond motifs is 1. The third-order valence-corrected chi connectivity index (χ3v) is 8.30. The molecule has 206 valence electrons. The van der Waals surface area contributed by atoms with E-state index in [-0.39, 0.29) is 29.7 Å². The van der Waals surface area contributed by atoms with Crippen molar-refractivity contribution >= 4 is 27.0 Å². The van der Waals surface area contributed by atoms with Crippen molar-refractivity contribution in [2.75, 3.05) is 40.5 Å². The molecule has 0 aliphatic carbocycles. The summed E-state index contributed by atoms with van der Waals surface area (Å²) >= 11 is 0. The average molecular weight is 544 g/mol. The fourth-order valence-electron chi connectivity index (χ4n) is 4.92. The summed E-state index contributed by atoms with van der Waals surface area (Å²) in [6, 6.07) is 13.6. The van der Waals surface area contributed by atoms with E-state index in [4.69, 9.17) is 20.2 Å². The Kier molecular flexibility index (Phi) is 9.37. The molecule has 3 N–H and O–H groups in total. The highest BCUT2D eigenvalue weighted by Gasteiger charge is 2.29. The number of piperidine rings is 1. The number of nitrogens with two attached hydrogens (primary N) is 1. The minimum atomic E-state index is -3.78. The quantitative estimate of drug-likeness (QED) is 0.336. The number of carbonyl (C=O) groups is 1. The number of aromatic nitrogens is 2. The number of rotatable bonds is 12. The highest BCUT2D eigenvalue weighted by Crippen LogP contribution is 2.30. The molecule has 10 nitrogen and oxygen atoms in total. The first-order chi connectivity index (χ1) is 18.3. The summed E-state index contributed by atoms with van der Waals surface area (Å²) < 4.78 is 40.4. The van der Waals surface area contributed by atoms with E-state index in [1.807, 2.05) is 23.1 Å². The largest absolute Gasteiger partial charge is 0.497 e. The third kappa shape index (κ3) is 6.71. The van der Waals surface area contributed by atoms with Crippen LogP contribution in [0.15, 0.2) is 53.4 Å². The van der Waals surface area contributed by atoms with Gasteiger partial charge in [0, 0.05) is 64.3 Å². The highest BCUT2D eigenvalue weighted by molar-refractivity contribution is 7.89. The van der Waals surface area contributed by atoms with E-state index in [2.05, 4.69) is 15.4 Å². The first kappa shape index (κ1) is 28.0. The van der Waals surface area contributed by atoms with E-state index in [0.717, 1.165) is 42.7 Å². The average Bonchev–Trinajstić information content (AvgIpc) is 3.31. The van der Waals surface area contributed by atoms with E-state index in [1.54, 1.807) is 19.2 Å². The summed E-state index contributed by atoms with van der Waals surface area (Å²) in [6.45, 7) is 2.64. The number of ether oxygens (including phenoxy) is 2. The molecule has 1 amide bonds. The Balaban J connectivity index is 1.38. The standard InChI is InChI=1S/C27H37N5O5S/c1-36-15-7-14-32-25-12-4-3-11-24(25)30-27(32)20-8-6-13-31(19-20)26(33)16-21(28)18-29-38(34,35)23-10-5-9-22(17-23)37-2/h3-5,9-12,17,20-21,29H,6-8,13-16,18-19,28H2,1-2H3/t20-,21-/m1/s1. The van der Waals surface area contributed by atoms with Crippen LogP contribution in [0.4, 0.5) is 0 Å². The molecule has 0 saturated carbocycles. The second kappa shape index (κ2) is 12.7. The Hall–Kier alpha value is -2.99. The molecule has 1 saturated heterocycles. The predicted molar refractivity (Wildman–Crippen MR) is 146 cm³/mol. The molecule has 3 aromatic rings. The SMILES string of the molecule is COCCCn1c([C@@H]2CCCN(C(=O)C[C@@H](N)CNS(=O)(=O)c3cccc(OC)c3)C2)nc2ccccc21.